The van der Waals surface area contributed by atoms with Crippen LogP contribution in [0.1, 0.15) is 12.5 Å². The van der Waals surface area contributed by atoms with Gasteiger partial charge in [0.2, 0.25) is 5.95 Å². The van der Waals surface area contributed by atoms with E-state index in [9.17, 15) is 0 Å². The lowest BCUT2D eigenvalue weighted by Crippen LogP contribution is -2.12. The maximum Gasteiger partial charge on any atom is 0.243 e. The predicted molar refractivity (Wildman–Crippen MR) is 61.0 cm³/mol. The van der Waals surface area contributed by atoms with Crippen molar-refractivity contribution in [1.82, 2.24) is 14.6 Å². The highest BCUT2D eigenvalue weighted by molar-refractivity contribution is 5.45. The summed E-state index contributed by atoms with van der Waals surface area (Å²) in [6.07, 6.45) is 3.72. The SMILES string of the molecule is C=CC(C)Nc1nc2cc(C)ccn2n1. The number of fused-ring (bicyclic) bond motifs is 1. The first-order chi connectivity index (χ1) is 7.19. The van der Waals surface area contributed by atoms with Gasteiger partial charge in [0.1, 0.15) is 0 Å². The molecule has 0 amide bonds. The summed E-state index contributed by atoms with van der Waals surface area (Å²) in [5.74, 6) is 0.632. The molecular formula is C11H14N4. The van der Waals surface area contributed by atoms with Crippen molar-refractivity contribution < 1.29 is 0 Å². The Labute approximate surface area is 88.6 Å². The van der Waals surface area contributed by atoms with Gasteiger partial charge in [0, 0.05) is 12.2 Å². The van der Waals surface area contributed by atoms with Gasteiger partial charge in [-0.05, 0) is 31.5 Å². The minimum atomic E-state index is 0.170. The van der Waals surface area contributed by atoms with E-state index in [0.717, 1.165) is 5.65 Å². The third-order valence-electron chi connectivity index (χ3n) is 2.20. The van der Waals surface area contributed by atoms with Crippen LogP contribution in [0.5, 0.6) is 0 Å². The zero-order chi connectivity index (χ0) is 10.8. The zero-order valence-electron chi connectivity index (χ0n) is 8.94. The largest absolute Gasteiger partial charge is 0.347 e. The first kappa shape index (κ1) is 9.71. The molecule has 1 unspecified atom stereocenters. The average Bonchev–Trinajstić information content (AvgIpc) is 2.59. The molecule has 1 N–H and O–H groups in total. The molecule has 0 radical (unpaired) electrons. The highest BCUT2D eigenvalue weighted by Gasteiger charge is 2.04. The van der Waals surface area contributed by atoms with Crippen LogP contribution in [0.2, 0.25) is 0 Å². The Morgan fingerprint density at radius 1 is 1.60 bits per heavy atom. The average molecular weight is 202 g/mol. The number of nitrogens with zero attached hydrogens (tertiary/aromatic N) is 3. The summed E-state index contributed by atoms with van der Waals surface area (Å²) >= 11 is 0. The summed E-state index contributed by atoms with van der Waals surface area (Å²) in [7, 11) is 0. The maximum absolute atomic E-state index is 4.35. The van der Waals surface area contributed by atoms with E-state index in [0.29, 0.717) is 5.95 Å². The zero-order valence-corrected chi connectivity index (χ0v) is 8.94. The first-order valence-corrected chi connectivity index (χ1v) is 4.91. The van der Waals surface area contributed by atoms with E-state index in [1.54, 1.807) is 4.52 Å². The van der Waals surface area contributed by atoms with Gasteiger partial charge in [-0.2, -0.15) is 4.98 Å². The molecule has 0 fully saturated rings. The van der Waals surface area contributed by atoms with Crippen LogP contribution in [0.3, 0.4) is 0 Å². The summed E-state index contributed by atoms with van der Waals surface area (Å²) in [4.78, 5) is 4.35. The molecule has 0 aromatic carbocycles. The van der Waals surface area contributed by atoms with Gasteiger partial charge in [0.25, 0.3) is 0 Å². The lowest BCUT2D eigenvalue weighted by atomic mass is 10.3. The Balaban J connectivity index is 2.34. The van der Waals surface area contributed by atoms with Crippen LogP contribution < -0.4 is 5.32 Å². The molecule has 4 heteroatoms. The third-order valence-corrected chi connectivity index (χ3v) is 2.20. The number of aromatic nitrogens is 3. The normalized spacial score (nSPS) is 12.7. The second-order valence-corrected chi connectivity index (χ2v) is 3.61. The minimum Gasteiger partial charge on any atom is -0.347 e. The topological polar surface area (TPSA) is 42.2 Å². The Morgan fingerprint density at radius 2 is 2.40 bits per heavy atom. The van der Waals surface area contributed by atoms with Crippen LogP contribution in [0.25, 0.3) is 5.65 Å². The lowest BCUT2D eigenvalue weighted by molar-refractivity contribution is 0.920. The van der Waals surface area contributed by atoms with E-state index in [-0.39, 0.29) is 6.04 Å². The standard InChI is InChI=1S/C11H14N4/c1-4-9(3)12-11-13-10-7-8(2)5-6-15(10)14-11/h4-7,9H,1H2,2-3H3,(H,12,14). The van der Waals surface area contributed by atoms with Crippen LogP contribution in [0.4, 0.5) is 5.95 Å². The van der Waals surface area contributed by atoms with Gasteiger partial charge in [-0.15, -0.1) is 11.7 Å². The summed E-state index contributed by atoms with van der Waals surface area (Å²) in [6.45, 7) is 7.74. The molecule has 0 saturated heterocycles. The quantitative estimate of drug-likeness (QED) is 0.774. The van der Waals surface area contributed by atoms with Gasteiger partial charge < -0.3 is 5.32 Å². The summed E-state index contributed by atoms with van der Waals surface area (Å²) in [5.41, 5.74) is 2.03. The number of pyridine rings is 1. The van der Waals surface area contributed by atoms with E-state index >= 15 is 0 Å². The van der Waals surface area contributed by atoms with E-state index in [4.69, 9.17) is 0 Å². The fraction of sp³-hybridized carbons (Fsp3) is 0.273. The third kappa shape index (κ3) is 1.98. The number of nitrogens with one attached hydrogen (secondary N) is 1. The van der Waals surface area contributed by atoms with E-state index in [1.807, 2.05) is 38.3 Å². The van der Waals surface area contributed by atoms with Gasteiger partial charge in [0.05, 0.1) is 0 Å². The summed E-state index contributed by atoms with van der Waals surface area (Å²) in [5, 5.41) is 7.43. The van der Waals surface area contributed by atoms with Gasteiger partial charge in [-0.3, -0.25) is 0 Å². The highest BCUT2D eigenvalue weighted by atomic mass is 15.3. The molecule has 2 aromatic heterocycles. The molecule has 15 heavy (non-hydrogen) atoms. The Hall–Kier alpha value is -1.84. The van der Waals surface area contributed by atoms with Gasteiger partial charge in [0.15, 0.2) is 5.65 Å². The number of aryl methyl sites for hydroxylation is 1. The lowest BCUT2D eigenvalue weighted by Gasteiger charge is -2.04. The molecule has 78 valence electrons. The fourth-order valence-electron chi connectivity index (χ4n) is 1.31. The van der Waals surface area contributed by atoms with Crippen LogP contribution in [0, 0.1) is 6.92 Å². The van der Waals surface area contributed by atoms with Crippen molar-refractivity contribution >= 4 is 11.6 Å². The van der Waals surface area contributed by atoms with Gasteiger partial charge in [-0.1, -0.05) is 6.08 Å². The van der Waals surface area contributed by atoms with Crippen LogP contribution in [0.15, 0.2) is 31.0 Å². The van der Waals surface area contributed by atoms with Crippen molar-refractivity contribution in [2.45, 2.75) is 19.9 Å². The molecule has 2 aromatic rings. The van der Waals surface area contributed by atoms with Crippen molar-refractivity contribution in [3.05, 3.63) is 36.5 Å². The van der Waals surface area contributed by atoms with Gasteiger partial charge >= 0.3 is 0 Å². The molecule has 0 aliphatic heterocycles. The number of hydrogen-bond acceptors (Lipinski definition) is 3. The first-order valence-electron chi connectivity index (χ1n) is 4.91. The van der Waals surface area contributed by atoms with E-state index in [2.05, 4.69) is 22.0 Å². The van der Waals surface area contributed by atoms with Crippen molar-refractivity contribution in [3.8, 4) is 0 Å². The summed E-state index contributed by atoms with van der Waals surface area (Å²) < 4.78 is 1.76. The molecule has 0 aliphatic carbocycles. The van der Waals surface area contributed by atoms with Crippen LogP contribution in [-0.2, 0) is 0 Å². The molecule has 0 aliphatic rings. The predicted octanol–water partition coefficient (Wildman–Crippen LogP) is 2.02. The fourth-order valence-corrected chi connectivity index (χ4v) is 1.31. The minimum absolute atomic E-state index is 0.170. The van der Waals surface area contributed by atoms with E-state index in [1.165, 1.54) is 5.56 Å². The molecule has 2 rings (SSSR count). The maximum atomic E-state index is 4.35. The van der Waals surface area contributed by atoms with Crippen molar-refractivity contribution in [3.63, 3.8) is 0 Å². The smallest absolute Gasteiger partial charge is 0.243 e. The monoisotopic (exact) mass is 202 g/mol. The molecule has 4 nitrogen and oxygen atoms in total. The number of hydrogen-bond donors (Lipinski definition) is 1. The van der Waals surface area contributed by atoms with Crippen molar-refractivity contribution in [1.29, 1.82) is 0 Å². The van der Waals surface area contributed by atoms with Crippen LogP contribution in [-0.4, -0.2) is 20.6 Å². The number of rotatable bonds is 3. The second-order valence-electron chi connectivity index (χ2n) is 3.61. The Morgan fingerprint density at radius 3 is 3.13 bits per heavy atom. The molecule has 0 spiro atoms. The molecule has 1 atom stereocenters. The molecule has 0 bridgehead atoms. The Kier molecular flexibility index (Phi) is 2.41. The molecule has 0 saturated carbocycles. The summed E-state index contributed by atoms with van der Waals surface area (Å²) in [6, 6.07) is 4.17. The van der Waals surface area contributed by atoms with Gasteiger partial charge in [-0.25, -0.2) is 4.52 Å². The molecular weight excluding hydrogens is 188 g/mol. The highest BCUT2D eigenvalue weighted by Crippen LogP contribution is 2.08. The van der Waals surface area contributed by atoms with Crippen LogP contribution >= 0.6 is 0 Å². The second kappa shape index (κ2) is 3.73. The van der Waals surface area contributed by atoms with Crippen molar-refractivity contribution in [2.24, 2.45) is 0 Å². The molecule has 2 heterocycles. The number of anilines is 1. The van der Waals surface area contributed by atoms with Crippen molar-refractivity contribution in [2.75, 3.05) is 5.32 Å². The Bertz CT molecular complexity index is 486. The van der Waals surface area contributed by atoms with E-state index < -0.39 is 0 Å².